The molecule has 1 fully saturated rings. The molecule has 1 aliphatic rings. The summed E-state index contributed by atoms with van der Waals surface area (Å²) in [5.41, 5.74) is -1.70. The second-order valence-electron chi connectivity index (χ2n) is 3.98. The number of ketones is 1. The second-order valence-corrected chi connectivity index (χ2v) is 3.98. The summed E-state index contributed by atoms with van der Waals surface area (Å²) in [4.78, 5) is 35.8. The average molecular weight is 242 g/mol. The second kappa shape index (κ2) is 5.80. The van der Waals surface area contributed by atoms with Crippen LogP contribution in [0, 0.1) is 5.41 Å². The van der Waals surface area contributed by atoms with E-state index in [1.54, 1.807) is 13.8 Å². The molecule has 0 saturated heterocycles. The Morgan fingerprint density at radius 3 is 2.06 bits per heavy atom. The molecule has 0 spiro atoms. The highest BCUT2D eigenvalue weighted by atomic mass is 16.6. The van der Waals surface area contributed by atoms with Gasteiger partial charge < -0.3 is 9.47 Å². The number of Topliss-reactive ketones (excluding diaryl/α,β-unsaturated/α-hetero) is 1. The van der Waals surface area contributed by atoms with Crippen molar-refractivity contribution in [2.45, 2.75) is 39.5 Å². The van der Waals surface area contributed by atoms with Gasteiger partial charge in [0, 0.05) is 6.42 Å². The van der Waals surface area contributed by atoms with E-state index in [2.05, 4.69) is 0 Å². The molecule has 0 radical (unpaired) electrons. The maximum Gasteiger partial charge on any atom is 0.331 e. The minimum Gasteiger partial charge on any atom is -0.465 e. The molecule has 0 atom stereocenters. The summed E-state index contributed by atoms with van der Waals surface area (Å²) in [6.45, 7) is 3.58. The molecular formula is C12H18O5. The number of carbonyl (C=O) groups excluding carboxylic acids is 3. The smallest absolute Gasteiger partial charge is 0.331 e. The summed E-state index contributed by atoms with van der Waals surface area (Å²) in [6.07, 6.45) is 1.80. The highest BCUT2D eigenvalue weighted by Crippen LogP contribution is 2.36. The van der Waals surface area contributed by atoms with Crippen LogP contribution in [0.3, 0.4) is 0 Å². The minimum atomic E-state index is -1.70. The van der Waals surface area contributed by atoms with Crippen LogP contribution in [-0.4, -0.2) is 30.9 Å². The first-order chi connectivity index (χ1) is 8.09. The molecule has 5 nitrogen and oxygen atoms in total. The zero-order valence-corrected chi connectivity index (χ0v) is 10.3. The molecule has 96 valence electrons. The van der Waals surface area contributed by atoms with Crippen LogP contribution in [0.25, 0.3) is 0 Å². The molecule has 5 heteroatoms. The fraction of sp³-hybridized carbons (Fsp3) is 0.750. The number of carbonyl (C=O) groups is 3. The Morgan fingerprint density at radius 2 is 1.65 bits per heavy atom. The third-order valence-electron chi connectivity index (χ3n) is 2.93. The Hall–Kier alpha value is -1.39. The van der Waals surface area contributed by atoms with Crippen LogP contribution in [0.5, 0.6) is 0 Å². The molecule has 0 aromatic carbocycles. The van der Waals surface area contributed by atoms with Crippen molar-refractivity contribution in [2.75, 3.05) is 13.2 Å². The fourth-order valence-corrected chi connectivity index (χ4v) is 2.05. The molecule has 1 saturated carbocycles. The van der Waals surface area contributed by atoms with Crippen LogP contribution in [-0.2, 0) is 23.9 Å². The van der Waals surface area contributed by atoms with E-state index in [-0.39, 0.29) is 31.8 Å². The molecule has 1 aliphatic carbocycles. The largest absolute Gasteiger partial charge is 0.465 e. The van der Waals surface area contributed by atoms with E-state index in [1.165, 1.54) is 0 Å². The molecule has 0 aromatic rings. The molecule has 0 amide bonds. The highest BCUT2D eigenvalue weighted by Gasteiger charge is 2.55. The van der Waals surface area contributed by atoms with Crippen molar-refractivity contribution in [1.82, 2.24) is 0 Å². The van der Waals surface area contributed by atoms with Gasteiger partial charge in [-0.25, -0.2) is 0 Å². The van der Waals surface area contributed by atoms with Crippen LogP contribution in [0.15, 0.2) is 0 Å². The van der Waals surface area contributed by atoms with Crippen LogP contribution < -0.4 is 0 Å². The molecule has 17 heavy (non-hydrogen) atoms. The van der Waals surface area contributed by atoms with Crippen LogP contribution >= 0.6 is 0 Å². The first kappa shape index (κ1) is 13.7. The van der Waals surface area contributed by atoms with Gasteiger partial charge in [-0.05, 0) is 26.7 Å². The summed E-state index contributed by atoms with van der Waals surface area (Å²) in [7, 11) is 0. The fourth-order valence-electron chi connectivity index (χ4n) is 2.05. The van der Waals surface area contributed by atoms with Crippen molar-refractivity contribution >= 4 is 17.7 Å². The Balaban J connectivity index is 3.02. The van der Waals surface area contributed by atoms with E-state index < -0.39 is 17.4 Å². The Morgan fingerprint density at radius 1 is 1.12 bits per heavy atom. The van der Waals surface area contributed by atoms with Crippen molar-refractivity contribution < 1.29 is 23.9 Å². The lowest BCUT2D eigenvalue weighted by Crippen LogP contribution is -2.50. The number of hydrogen-bond donors (Lipinski definition) is 0. The van der Waals surface area contributed by atoms with Gasteiger partial charge in [-0.15, -0.1) is 0 Å². The van der Waals surface area contributed by atoms with E-state index in [9.17, 15) is 14.4 Å². The monoisotopic (exact) mass is 242 g/mol. The van der Waals surface area contributed by atoms with E-state index in [4.69, 9.17) is 9.47 Å². The van der Waals surface area contributed by atoms with Crippen LogP contribution in [0.1, 0.15) is 39.5 Å². The maximum atomic E-state index is 11.9. The van der Waals surface area contributed by atoms with E-state index in [1.807, 2.05) is 0 Å². The van der Waals surface area contributed by atoms with Crippen LogP contribution in [0.4, 0.5) is 0 Å². The third kappa shape index (κ3) is 2.48. The van der Waals surface area contributed by atoms with Crippen molar-refractivity contribution in [3.63, 3.8) is 0 Å². The van der Waals surface area contributed by atoms with Crippen molar-refractivity contribution in [3.8, 4) is 0 Å². The van der Waals surface area contributed by atoms with E-state index >= 15 is 0 Å². The lowest BCUT2D eigenvalue weighted by molar-refractivity contribution is -0.176. The summed E-state index contributed by atoms with van der Waals surface area (Å²) in [5, 5.41) is 0. The number of ether oxygens (including phenoxy) is 2. The molecule has 0 unspecified atom stereocenters. The van der Waals surface area contributed by atoms with E-state index in [0.717, 1.165) is 0 Å². The molecule has 0 N–H and O–H groups in total. The number of rotatable bonds is 4. The number of hydrogen-bond acceptors (Lipinski definition) is 5. The maximum absolute atomic E-state index is 11.9. The zero-order chi connectivity index (χ0) is 12.9. The molecule has 0 heterocycles. The number of esters is 2. The van der Waals surface area contributed by atoms with Gasteiger partial charge in [0.15, 0.2) is 5.78 Å². The first-order valence-corrected chi connectivity index (χ1v) is 5.97. The highest BCUT2D eigenvalue weighted by molar-refractivity contribution is 6.20. The summed E-state index contributed by atoms with van der Waals surface area (Å²) >= 11 is 0. The predicted molar refractivity (Wildman–Crippen MR) is 59.2 cm³/mol. The van der Waals surface area contributed by atoms with Gasteiger partial charge in [0.2, 0.25) is 5.41 Å². The van der Waals surface area contributed by atoms with Gasteiger partial charge in [0.25, 0.3) is 0 Å². The predicted octanol–water partition coefficient (Wildman–Crippen LogP) is 1.24. The third-order valence-corrected chi connectivity index (χ3v) is 2.93. The summed E-state index contributed by atoms with van der Waals surface area (Å²) in [5.74, 6) is -1.90. The Labute approximate surface area is 100 Å². The molecule has 0 aromatic heterocycles. The standard InChI is InChI=1S/C12H18O5/c1-3-16-10(14)12(11(15)17-4-2)8-6-5-7-9(12)13/h3-8H2,1-2H3. The average Bonchev–Trinajstić information content (AvgIpc) is 2.30. The van der Waals surface area contributed by atoms with Gasteiger partial charge in [-0.2, -0.15) is 0 Å². The van der Waals surface area contributed by atoms with Crippen molar-refractivity contribution in [1.29, 1.82) is 0 Å². The van der Waals surface area contributed by atoms with Gasteiger partial charge in [-0.3, -0.25) is 14.4 Å². The summed E-state index contributed by atoms with van der Waals surface area (Å²) < 4.78 is 9.72. The SMILES string of the molecule is CCOC(=O)C1(C(=O)OCC)CCCCC1=O. The normalized spacial score (nSPS) is 18.6. The van der Waals surface area contributed by atoms with Crippen molar-refractivity contribution in [2.24, 2.45) is 5.41 Å². The lowest BCUT2D eigenvalue weighted by Gasteiger charge is -2.30. The molecule has 0 aliphatic heterocycles. The first-order valence-electron chi connectivity index (χ1n) is 5.97. The lowest BCUT2D eigenvalue weighted by atomic mass is 9.73. The quantitative estimate of drug-likeness (QED) is 0.548. The molecule has 0 bridgehead atoms. The topological polar surface area (TPSA) is 69.7 Å². The van der Waals surface area contributed by atoms with Gasteiger partial charge >= 0.3 is 11.9 Å². The van der Waals surface area contributed by atoms with E-state index in [0.29, 0.717) is 12.8 Å². The van der Waals surface area contributed by atoms with Crippen LogP contribution in [0.2, 0.25) is 0 Å². The summed E-state index contributed by atoms with van der Waals surface area (Å²) in [6, 6.07) is 0. The molecule has 1 rings (SSSR count). The van der Waals surface area contributed by atoms with Gasteiger partial charge in [-0.1, -0.05) is 6.42 Å². The minimum absolute atomic E-state index is 0.146. The van der Waals surface area contributed by atoms with Crippen molar-refractivity contribution in [3.05, 3.63) is 0 Å². The van der Waals surface area contributed by atoms with Gasteiger partial charge in [0.1, 0.15) is 0 Å². The zero-order valence-electron chi connectivity index (χ0n) is 10.3. The van der Waals surface area contributed by atoms with Gasteiger partial charge in [0.05, 0.1) is 13.2 Å². The molecular weight excluding hydrogens is 224 g/mol. The Kier molecular flexibility index (Phi) is 4.66. The Bertz CT molecular complexity index is 303.